The smallest absolute Gasteiger partial charge is 0.241 e. The number of hydrogen-bond acceptors (Lipinski definition) is 3. The minimum atomic E-state index is -0.289. The van der Waals surface area contributed by atoms with E-state index in [9.17, 15) is 9.59 Å². The highest BCUT2D eigenvalue weighted by atomic mass is 35.5. The fourth-order valence-corrected chi connectivity index (χ4v) is 1.87. The van der Waals surface area contributed by atoms with Gasteiger partial charge in [0.15, 0.2) is 0 Å². The number of amides is 2. The first-order chi connectivity index (χ1) is 7.15. The van der Waals surface area contributed by atoms with Crippen LogP contribution in [0.4, 0.5) is 0 Å². The number of halogens is 1. The van der Waals surface area contributed by atoms with Gasteiger partial charge in [-0.25, -0.2) is 0 Å². The molecular weight excluding hydrogens is 230 g/mol. The van der Waals surface area contributed by atoms with Gasteiger partial charge in [-0.2, -0.15) is 0 Å². The van der Waals surface area contributed by atoms with Crippen LogP contribution < -0.4 is 11.1 Å². The predicted octanol–water partition coefficient (Wildman–Crippen LogP) is -0.116. The van der Waals surface area contributed by atoms with E-state index in [0.717, 1.165) is 12.8 Å². The number of nitrogens with one attached hydrogen (secondary N) is 1. The second-order valence-corrected chi connectivity index (χ2v) is 3.92. The summed E-state index contributed by atoms with van der Waals surface area (Å²) in [5, 5.41) is 2.48. The largest absolute Gasteiger partial charge is 0.346 e. The minimum Gasteiger partial charge on any atom is -0.346 e. The summed E-state index contributed by atoms with van der Waals surface area (Å²) >= 11 is 0. The third kappa shape index (κ3) is 4.37. The van der Waals surface area contributed by atoms with Crippen molar-refractivity contribution in [1.82, 2.24) is 10.2 Å². The summed E-state index contributed by atoms with van der Waals surface area (Å²) < 4.78 is 0. The van der Waals surface area contributed by atoms with Crippen LogP contribution in [0.3, 0.4) is 0 Å². The summed E-state index contributed by atoms with van der Waals surface area (Å²) in [4.78, 5) is 24.2. The molecule has 1 rings (SSSR count). The van der Waals surface area contributed by atoms with E-state index >= 15 is 0 Å². The molecule has 0 aromatic heterocycles. The summed E-state index contributed by atoms with van der Waals surface area (Å²) in [5.41, 5.74) is 5.12. The average Bonchev–Trinajstić information content (AvgIpc) is 2.77. The number of hydrogen-bond donors (Lipinski definition) is 2. The van der Waals surface area contributed by atoms with Gasteiger partial charge in [-0.3, -0.25) is 9.59 Å². The maximum absolute atomic E-state index is 11.6. The molecule has 1 aliphatic rings. The molecule has 0 aliphatic heterocycles. The summed E-state index contributed by atoms with van der Waals surface area (Å²) in [6.45, 7) is -0.0105. The molecule has 1 aliphatic carbocycles. The topological polar surface area (TPSA) is 75.4 Å². The van der Waals surface area contributed by atoms with Gasteiger partial charge >= 0.3 is 0 Å². The summed E-state index contributed by atoms with van der Waals surface area (Å²) in [6, 6.07) is 0.354. The molecule has 2 amide bonds. The summed E-state index contributed by atoms with van der Waals surface area (Å²) in [5.74, 6) is -0.327. The number of nitrogens with two attached hydrogens (primary N) is 1. The lowest BCUT2D eigenvalue weighted by Crippen LogP contribution is -2.43. The van der Waals surface area contributed by atoms with Gasteiger partial charge in [0.05, 0.1) is 13.1 Å². The summed E-state index contributed by atoms with van der Waals surface area (Å²) in [7, 11) is 1.80. The van der Waals surface area contributed by atoms with Gasteiger partial charge in [-0.05, 0) is 12.8 Å². The molecule has 94 valence electrons. The van der Waals surface area contributed by atoms with Crippen molar-refractivity contribution in [2.45, 2.75) is 31.7 Å². The van der Waals surface area contributed by atoms with Crippen molar-refractivity contribution in [1.29, 1.82) is 0 Å². The van der Waals surface area contributed by atoms with E-state index in [0.29, 0.717) is 6.04 Å². The van der Waals surface area contributed by atoms with Crippen LogP contribution in [0.2, 0.25) is 0 Å². The van der Waals surface area contributed by atoms with E-state index in [1.54, 1.807) is 11.9 Å². The van der Waals surface area contributed by atoms with Crippen molar-refractivity contribution >= 4 is 24.2 Å². The summed E-state index contributed by atoms with van der Waals surface area (Å²) in [6.07, 6.45) is 4.54. The molecule has 6 heteroatoms. The first-order valence-corrected chi connectivity index (χ1v) is 5.37. The normalized spacial score (nSPS) is 15.4. The van der Waals surface area contributed by atoms with Crippen molar-refractivity contribution in [3.05, 3.63) is 0 Å². The van der Waals surface area contributed by atoms with Crippen LogP contribution in [0.5, 0.6) is 0 Å². The molecule has 0 saturated heterocycles. The zero-order valence-electron chi connectivity index (χ0n) is 9.57. The number of nitrogens with zero attached hydrogens (tertiary/aromatic N) is 1. The maximum atomic E-state index is 11.6. The Balaban J connectivity index is 0.00000225. The van der Waals surface area contributed by atoms with Gasteiger partial charge in [-0.1, -0.05) is 12.8 Å². The van der Waals surface area contributed by atoms with E-state index < -0.39 is 0 Å². The molecule has 0 atom stereocenters. The molecule has 0 aromatic rings. The first kappa shape index (κ1) is 15.2. The Kier molecular flexibility index (Phi) is 7.08. The Morgan fingerprint density at radius 1 is 1.38 bits per heavy atom. The molecule has 0 bridgehead atoms. The Labute approximate surface area is 102 Å². The van der Waals surface area contributed by atoms with E-state index in [4.69, 9.17) is 5.73 Å². The molecule has 3 N–H and O–H groups in total. The molecule has 1 saturated carbocycles. The first-order valence-electron chi connectivity index (χ1n) is 5.37. The van der Waals surface area contributed by atoms with Gasteiger partial charge in [0.2, 0.25) is 11.8 Å². The van der Waals surface area contributed by atoms with E-state index in [1.807, 2.05) is 0 Å². The van der Waals surface area contributed by atoms with Crippen LogP contribution in [0.25, 0.3) is 0 Å². The van der Waals surface area contributed by atoms with Crippen molar-refractivity contribution in [2.75, 3.05) is 20.1 Å². The van der Waals surface area contributed by atoms with Gasteiger partial charge in [0, 0.05) is 13.1 Å². The zero-order chi connectivity index (χ0) is 11.3. The van der Waals surface area contributed by atoms with E-state index in [-0.39, 0.29) is 37.3 Å². The third-order valence-electron chi connectivity index (χ3n) is 2.89. The second kappa shape index (κ2) is 7.46. The highest BCUT2D eigenvalue weighted by Crippen LogP contribution is 2.22. The highest BCUT2D eigenvalue weighted by molar-refractivity contribution is 5.85. The second-order valence-electron chi connectivity index (χ2n) is 3.92. The molecular formula is C10H20ClN3O2. The van der Waals surface area contributed by atoms with E-state index in [1.165, 1.54) is 12.8 Å². The maximum Gasteiger partial charge on any atom is 0.241 e. The Hall–Kier alpha value is -0.810. The molecule has 16 heavy (non-hydrogen) atoms. The van der Waals surface area contributed by atoms with Crippen LogP contribution in [0.1, 0.15) is 25.7 Å². The van der Waals surface area contributed by atoms with Gasteiger partial charge in [-0.15, -0.1) is 12.4 Å². The van der Waals surface area contributed by atoms with Crippen LogP contribution in [-0.4, -0.2) is 42.9 Å². The fraction of sp³-hybridized carbons (Fsp3) is 0.800. The predicted molar refractivity (Wildman–Crippen MR) is 64.3 cm³/mol. The molecule has 1 fully saturated rings. The van der Waals surface area contributed by atoms with Crippen LogP contribution in [0.15, 0.2) is 0 Å². The van der Waals surface area contributed by atoms with Crippen LogP contribution in [0, 0.1) is 0 Å². The Morgan fingerprint density at radius 3 is 2.44 bits per heavy atom. The fourth-order valence-electron chi connectivity index (χ4n) is 1.87. The van der Waals surface area contributed by atoms with Gasteiger partial charge in [0.25, 0.3) is 0 Å². The number of rotatable bonds is 4. The van der Waals surface area contributed by atoms with E-state index in [2.05, 4.69) is 5.32 Å². The van der Waals surface area contributed by atoms with Crippen LogP contribution >= 0.6 is 12.4 Å². The standard InChI is InChI=1S/C10H19N3O2.ClH/c1-13(8-4-2-3-5-8)10(15)7-12-9(14)6-11;/h8H,2-7,11H2,1H3,(H,12,14);1H. The monoisotopic (exact) mass is 249 g/mol. The molecule has 0 heterocycles. The zero-order valence-corrected chi connectivity index (χ0v) is 10.4. The van der Waals surface area contributed by atoms with Crippen molar-refractivity contribution in [2.24, 2.45) is 5.73 Å². The average molecular weight is 250 g/mol. The van der Waals surface area contributed by atoms with Crippen molar-refractivity contribution in [3.8, 4) is 0 Å². The van der Waals surface area contributed by atoms with Crippen molar-refractivity contribution in [3.63, 3.8) is 0 Å². The molecule has 0 unspecified atom stereocenters. The lowest BCUT2D eigenvalue weighted by molar-refractivity contribution is -0.133. The van der Waals surface area contributed by atoms with Crippen LogP contribution in [-0.2, 0) is 9.59 Å². The number of carbonyl (C=O) groups excluding carboxylic acids is 2. The lowest BCUT2D eigenvalue weighted by atomic mass is 10.2. The molecule has 0 aromatic carbocycles. The van der Waals surface area contributed by atoms with Gasteiger partial charge in [0.1, 0.15) is 0 Å². The highest BCUT2D eigenvalue weighted by Gasteiger charge is 2.23. The SMILES string of the molecule is CN(C(=O)CNC(=O)CN)C1CCCC1.Cl. The van der Waals surface area contributed by atoms with Gasteiger partial charge < -0.3 is 16.0 Å². The quantitative estimate of drug-likeness (QED) is 0.730. The number of carbonyl (C=O) groups is 2. The lowest BCUT2D eigenvalue weighted by Gasteiger charge is -2.24. The van der Waals surface area contributed by atoms with Crippen molar-refractivity contribution < 1.29 is 9.59 Å². The number of likely N-dealkylation sites (N-methyl/N-ethyl adjacent to an activating group) is 1. The minimum absolute atomic E-state index is 0. The Morgan fingerprint density at radius 2 is 1.94 bits per heavy atom. The third-order valence-corrected chi connectivity index (χ3v) is 2.89. The Bertz CT molecular complexity index is 242. The molecule has 5 nitrogen and oxygen atoms in total. The molecule has 0 radical (unpaired) electrons. The molecule has 0 spiro atoms.